The molecule has 0 aliphatic heterocycles. The minimum atomic E-state index is -4.80. The van der Waals surface area contributed by atoms with Crippen LogP contribution in [0.5, 0.6) is 0 Å². The Morgan fingerprint density at radius 2 is 1.04 bits per heavy atom. The van der Waals surface area contributed by atoms with Crippen LogP contribution in [0.1, 0.15) is 131 Å². The summed E-state index contributed by atoms with van der Waals surface area (Å²) >= 11 is 3.33. The lowest BCUT2D eigenvalue weighted by atomic mass is 9.76. The summed E-state index contributed by atoms with van der Waals surface area (Å²) in [4.78, 5) is 45.1. The van der Waals surface area contributed by atoms with Crippen molar-refractivity contribution in [1.29, 1.82) is 0 Å². The largest absolute Gasteiger partial charge is 0.372 e. The van der Waals surface area contributed by atoms with Crippen molar-refractivity contribution in [3.05, 3.63) is 57.3 Å². The number of ketones is 2. The number of hydrogen-bond donors (Lipinski definition) is 4. The van der Waals surface area contributed by atoms with E-state index < -0.39 is 40.9 Å². The summed E-state index contributed by atoms with van der Waals surface area (Å²) in [5, 5.41) is 25.0. The highest BCUT2D eigenvalue weighted by atomic mass is 32.2. The Morgan fingerprint density at radius 3 is 1.42 bits per heavy atom. The molecule has 0 atom stereocenters. The minimum absolute atomic E-state index is 0.111. The highest BCUT2D eigenvalue weighted by Gasteiger charge is 2.40. The summed E-state index contributed by atoms with van der Waals surface area (Å²) in [6.07, 6.45) is 6.22. The van der Waals surface area contributed by atoms with Gasteiger partial charge in [-0.25, -0.2) is 0 Å². The number of carbonyl (C=O) groups is 2. The van der Waals surface area contributed by atoms with Gasteiger partial charge in [-0.2, -0.15) is 31.8 Å². The standard InChI is InChI=1S/C49H61N11O8S5/c1-9-59(10-2)28-18-20-33(55-57-43-41(72(63,64)65)31-24-48(5,6)26-37(61)39(31)70-43)35(22-28)50-45-52-46(54-47(53-45)69-30-16-14-13-15-17-30)51-36-23-29(60(11-3)12-4)19-21-34(36)56-58-44-42(73(66,67)68)32-25-49(7,8)27-38(62)40(32)71-44/h18-23,30H,9-17,24-27H2,1-8H3,(H,63,64,65)(H,66,67,68)(H2,50,51,52,53,54). The van der Waals surface area contributed by atoms with Crippen LogP contribution in [-0.2, 0) is 33.1 Å². The number of fused-ring (bicyclic) bond motifs is 2. The van der Waals surface area contributed by atoms with E-state index >= 15 is 0 Å². The molecule has 0 spiro atoms. The Bertz CT molecular complexity index is 3030. The van der Waals surface area contributed by atoms with Crippen LogP contribution in [0.15, 0.2) is 71.8 Å². The molecule has 0 radical (unpaired) electrons. The predicted molar refractivity (Wildman–Crippen MR) is 289 cm³/mol. The van der Waals surface area contributed by atoms with E-state index in [0.29, 0.717) is 42.7 Å². The summed E-state index contributed by atoms with van der Waals surface area (Å²) in [6, 6.07) is 10.9. The molecule has 4 N–H and O–H groups in total. The van der Waals surface area contributed by atoms with Crippen molar-refractivity contribution in [3.63, 3.8) is 0 Å². The Labute approximate surface area is 438 Å². The molecule has 3 aliphatic carbocycles. The molecule has 73 heavy (non-hydrogen) atoms. The molecule has 19 nitrogen and oxygen atoms in total. The summed E-state index contributed by atoms with van der Waals surface area (Å²) in [7, 11) is -9.61. The van der Waals surface area contributed by atoms with Crippen LogP contribution in [-0.4, -0.2) is 83.9 Å². The van der Waals surface area contributed by atoms with E-state index in [9.17, 15) is 35.5 Å². The molecule has 2 aromatic carbocycles. The number of hydrogen-bond acceptors (Lipinski definition) is 20. The minimum Gasteiger partial charge on any atom is -0.372 e. The zero-order valence-corrected chi connectivity index (χ0v) is 46.2. The van der Waals surface area contributed by atoms with Gasteiger partial charge in [0.15, 0.2) is 26.7 Å². The zero-order valence-electron chi connectivity index (χ0n) is 42.1. The lowest BCUT2D eigenvalue weighted by Gasteiger charge is -2.28. The molecule has 0 saturated heterocycles. The normalized spacial score (nSPS) is 17.0. The summed E-state index contributed by atoms with van der Waals surface area (Å²) in [5.41, 5.74) is 2.52. The summed E-state index contributed by atoms with van der Waals surface area (Å²) < 4.78 is 72.6. The second kappa shape index (κ2) is 21.5. The fourth-order valence-electron chi connectivity index (χ4n) is 9.71. The number of thiophene rings is 2. The van der Waals surface area contributed by atoms with Crippen LogP contribution in [0.25, 0.3) is 0 Å². The molecule has 390 valence electrons. The topological polar surface area (TPSA) is 262 Å². The molecule has 24 heteroatoms. The van der Waals surface area contributed by atoms with Crippen LogP contribution in [0.3, 0.4) is 0 Å². The molecule has 0 amide bonds. The molecule has 1 fully saturated rings. The van der Waals surface area contributed by atoms with E-state index in [1.165, 1.54) is 0 Å². The second-order valence-electron chi connectivity index (χ2n) is 20.0. The number of thioether (sulfide) groups is 1. The maximum absolute atomic E-state index is 13.2. The van der Waals surface area contributed by atoms with Gasteiger partial charge in [-0.05, 0) is 112 Å². The van der Waals surface area contributed by atoms with E-state index in [1.807, 2.05) is 79.7 Å². The van der Waals surface area contributed by atoms with Gasteiger partial charge in [0.1, 0.15) is 21.2 Å². The van der Waals surface area contributed by atoms with E-state index in [4.69, 9.17) is 15.0 Å². The van der Waals surface area contributed by atoms with Gasteiger partial charge >= 0.3 is 0 Å². The van der Waals surface area contributed by atoms with Crippen molar-refractivity contribution in [2.45, 2.75) is 133 Å². The number of nitrogens with zero attached hydrogens (tertiary/aromatic N) is 9. The van der Waals surface area contributed by atoms with Gasteiger partial charge < -0.3 is 20.4 Å². The molecule has 8 rings (SSSR count). The molecule has 5 aromatic rings. The number of carbonyl (C=O) groups excluding carboxylic acids is 2. The lowest BCUT2D eigenvalue weighted by molar-refractivity contribution is 0.0907. The van der Waals surface area contributed by atoms with Crippen molar-refractivity contribution < 1.29 is 35.5 Å². The number of aromatic nitrogens is 3. The predicted octanol–water partition coefficient (Wildman–Crippen LogP) is 13.2. The Balaban J connectivity index is 1.22. The monoisotopic (exact) mass is 1090 g/mol. The van der Waals surface area contributed by atoms with Crippen LogP contribution < -0.4 is 20.4 Å². The van der Waals surface area contributed by atoms with Gasteiger partial charge in [0.2, 0.25) is 11.9 Å². The van der Waals surface area contributed by atoms with Crippen LogP contribution in [0.2, 0.25) is 0 Å². The average molecular weight is 1090 g/mol. The van der Waals surface area contributed by atoms with Crippen molar-refractivity contribution in [2.24, 2.45) is 31.3 Å². The third-order valence-electron chi connectivity index (χ3n) is 13.1. The molecular weight excluding hydrogens is 1030 g/mol. The van der Waals surface area contributed by atoms with Crippen LogP contribution in [0, 0.1) is 10.8 Å². The highest BCUT2D eigenvalue weighted by Crippen LogP contribution is 2.49. The Morgan fingerprint density at radius 1 is 0.630 bits per heavy atom. The number of Topliss-reactive ketones (excluding diaryl/α,β-unsaturated/α-hetero) is 2. The third kappa shape index (κ3) is 12.3. The van der Waals surface area contributed by atoms with Gasteiger partial charge in [-0.1, -0.05) is 58.7 Å². The Hall–Kier alpha value is -5.24. The van der Waals surface area contributed by atoms with Crippen molar-refractivity contribution in [2.75, 3.05) is 46.6 Å². The summed E-state index contributed by atoms with van der Waals surface area (Å²) in [5.74, 6) is -0.170. The number of azo groups is 2. The first-order valence-electron chi connectivity index (χ1n) is 24.4. The van der Waals surface area contributed by atoms with Gasteiger partial charge in [0, 0.05) is 55.6 Å². The van der Waals surface area contributed by atoms with E-state index in [2.05, 4.69) is 40.9 Å². The lowest BCUT2D eigenvalue weighted by Crippen LogP contribution is -2.26. The molecular formula is C49H61N11O8S5. The first kappa shape index (κ1) is 54.0. The summed E-state index contributed by atoms with van der Waals surface area (Å²) in [6.45, 7) is 18.4. The fraction of sp³-hybridized carbons (Fsp3) is 0.490. The maximum atomic E-state index is 13.2. The van der Waals surface area contributed by atoms with Crippen molar-refractivity contribution >= 4 is 122 Å². The quantitative estimate of drug-likeness (QED) is 0.0469. The average Bonchev–Trinajstić information content (AvgIpc) is 3.87. The number of benzene rings is 2. The molecule has 3 heterocycles. The highest BCUT2D eigenvalue weighted by molar-refractivity contribution is 7.99. The molecule has 0 unspecified atom stereocenters. The first-order valence-corrected chi connectivity index (χ1v) is 29.8. The van der Waals surface area contributed by atoms with Crippen LogP contribution >= 0.6 is 34.4 Å². The molecule has 3 aromatic heterocycles. The Kier molecular flexibility index (Phi) is 15.9. The molecule has 1 saturated carbocycles. The third-order valence-corrected chi connectivity index (χ3v) is 18.8. The number of nitrogens with one attached hydrogen (secondary N) is 2. The first-order chi connectivity index (χ1) is 34.5. The van der Waals surface area contributed by atoms with E-state index in [1.54, 1.807) is 23.9 Å². The number of rotatable bonds is 18. The van der Waals surface area contributed by atoms with Crippen molar-refractivity contribution in [3.8, 4) is 0 Å². The van der Waals surface area contributed by atoms with Gasteiger partial charge in [0.05, 0.1) is 21.1 Å². The SMILES string of the molecule is CCN(CC)c1ccc(N=Nc2sc3c(c2S(=O)(=O)O)CC(C)(C)CC3=O)c(Nc2nc(Nc3cc(N(CC)CC)ccc3N=Nc3sc4c(c3S(=O)(=O)O)CC(C)(C)CC4=O)nc(SC3CCCCC3)n2)c1. The second-order valence-corrected chi connectivity index (χ2v) is 25.9. The smallest absolute Gasteiger partial charge is 0.297 e. The molecule has 3 aliphatic rings. The van der Waals surface area contributed by atoms with Crippen LogP contribution in [0.4, 0.5) is 56.0 Å². The fourth-order valence-corrected chi connectivity index (χ4v) is 15.3. The number of anilines is 6. The van der Waals surface area contributed by atoms with E-state index in [-0.39, 0.29) is 96.7 Å². The molecule has 0 bridgehead atoms. The van der Waals surface area contributed by atoms with Gasteiger partial charge in [0.25, 0.3) is 20.2 Å². The van der Waals surface area contributed by atoms with Gasteiger partial charge in [-0.15, -0.1) is 43.1 Å². The van der Waals surface area contributed by atoms with E-state index in [0.717, 1.165) is 66.2 Å². The zero-order chi connectivity index (χ0) is 52.6. The van der Waals surface area contributed by atoms with Crippen molar-refractivity contribution in [1.82, 2.24) is 15.0 Å². The maximum Gasteiger partial charge on any atom is 0.297 e. The van der Waals surface area contributed by atoms with Gasteiger partial charge in [-0.3, -0.25) is 18.7 Å².